The molecule has 1 aliphatic rings. The van der Waals surface area contributed by atoms with Gasteiger partial charge in [-0.3, -0.25) is 4.79 Å². The molecular formula is C16H15NO3S. The average Bonchev–Trinajstić information content (AvgIpc) is 2.53. The molecule has 0 amide bonds. The van der Waals surface area contributed by atoms with Gasteiger partial charge in [-0.15, -0.1) is 0 Å². The van der Waals surface area contributed by atoms with E-state index in [1.807, 2.05) is 37.4 Å². The molecule has 1 heterocycles. The van der Waals surface area contributed by atoms with Gasteiger partial charge in [0.25, 0.3) is 0 Å². The van der Waals surface area contributed by atoms with Gasteiger partial charge < -0.3 is 14.4 Å². The lowest BCUT2D eigenvalue weighted by Crippen LogP contribution is -2.15. The Morgan fingerprint density at radius 3 is 2.52 bits per heavy atom. The zero-order valence-electron chi connectivity index (χ0n) is 12.0. The number of carbonyl (C=O) groups is 1. The Kier molecular flexibility index (Phi) is 3.51. The quantitative estimate of drug-likeness (QED) is 0.807. The summed E-state index contributed by atoms with van der Waals surface area (Å²) in [6, 6.07) is 9.74. The smallest absolute Gasteiger partial charge is 0.155 e. The average molecular weight is 301 g/mol. The number of aldehydes is 1. The van der Waals surface area contributed by atoms with Crippen LogP contribution in [-0.4, -0.2) is 27.6 Å². The number of nitrogens with zero attached hydrogens (tertiary/aromatic N) is 1. The van der Waals surface area contributed by atoms with E-state index >= 15 is 0 Å². The normalized spacial score (nSPS) is 12.4. The van der Waals surface area contributed by atoms with Crippen LogP contribution in [0.2, 0.25) is 0 Å². The standard InChI is InChI=1S/C16H15NO3S/c1-17-12-5-4-10(19-2)8-15(12)21-16-11(9-18)14(20-3)7-6-13(16)17/h4-9H,1-3H3. The SMILES string of the molecule is COc1ccc2c(c1)Sc1c(ccc(OC)c1C=O)N2C. The van der Waals surface area contributed by atoms with E-state index in [-0.39, 0.29) is 0 Å². The molecule has 0 radical (unpaired) electrons. The molecule has 0 spiro atoms. The van der Waals surface area contributed by atoms with Gasteiger partial charge in [0, 0.05) is 11.9 Å². The van der Waals surface area contributed by atoms with Crippen molar-refractivity contribution in [2.24, 2.45) is 0 Å². The predicted molar refractivity (Wildman–Crippen MR) is 83.6 cm³/mol. The molecule has 0 atom stereocenters. The number of carbonyl (C=O) groups excluding carboxylic acids is 1. The first-order valence-corrected chi connectivity index (χ1v) is 7.27. The maximum Gasteiger partial charge on any atom is 0.155 e. The van der Waals surface area contributed by atoms with Gasteiger partial charge in [-0.2, -0.15) is 0 Å². The molecule has 0 N–H and O–H groups in total. The zero-order valence-corrected chi connectivity index (χ0v) is 12.9. The monoisotopic (exact) mass is 301 g/mol. The topological polar surface area (TPSA) is 38.8 Å². The van der Waals surface area contributed by atoms with Crippen LogP contribution in [0.4, 0.5) is 11.4 Å². The van der Waals surface area contributed by atoms with Crippen molar-refractivity contribution in [2.75, 3.05) is 26.2 Å². The summed E-state index contributed by atoms with van der Waals surface area (Å²) < 4.78 is 10.6. The number of hydrogen-bond donors (Lipinski definition) is 0. The van der Waals surface area contributed by atoms with Crippen molar-refractivity contribution >= 4 is 29.4 Å². The second-order valence-electron chi connectivity index (χ2n) is 4.64. The van der Waals surface area contributed by atoms with Crippen LogP contribution in [0.5, 0.6) is 11.5 Å². The summed E-state index contributed by atoms with van der Waals surface area (Å²) >= 11 is 1.56. The van der Waals surface area contributed by atoms with Crippen molar-refractivity contribution in [2.45, 2.75) is 9.79 Å². The molecule has 108 valence electrons. The van der Waals surface area contributed by atoms with Gasteiger partial charge in [0.15, 0.2) is 6.29 Å². The number of rotatable bonds is 3. The summed E-state index contributed by atoms with van der Waals surface area (Å²) in [5.41, 5.74) is 2.68. The highest BCUT2D eigenvalue weighted by Gasteiger charge is 2.25. The van der Waals surface area contributed by atoms with Crippen LogP contribution in [0.25, 0.3) is 0 Å². The van der Waals surface area contributed by atoms with E-state index in [0.717, 1.165) is 33.2 Å². The molecule has 5 heteroatoms. The first-order valence-electron chi connectivity index (χ1n) is 6.45. The first-order chi connectivity index (χ1) is 10.2. The van der Waals surface area contributed by atoms with Gasteiger partial charge in [-0.05, 0) is 30.3 Å². The highest BCUT2D eigenvalue weighted by molar-refractivity contribution is 7.99. The molecule has 2 aromatic rings. The lowest BCUT2D eigenvalue weighted by Gasteiger charge is -2.30. The van der Waals surface area contributed by atoms with E-state index in [1.54, 1.807) is 26.0 Å². The lowest BCUT2D eigenvalue weighted by atomic mass is 10.1. The van der Waals surface area contributed by atoms with Crippen LogP contribution in [0, 0.1) is 0 Å². The molecule has 21 heavy (non-hydrogen) atoms. The van der Waals surface area contributed by atoms with E-state index in [1.165, 1.54) is 0 Å². The molecule has 3 rings (SSSR count). The number of ether oxygens (including phenoxy) is 2. The van der Waals surface area contributed by atoms with Gasteiger partial charge in [0.05, 0.1) is 36.1 Å². The zero-order chi connectivity index (χ0) is 15.0. The van der Waals surface area contributed by atoms with Gasteiger partial charge in [0.2, 0.25) is 0 Å². The number of anilines is 2. The molecule has 0 aromatic heterocycles. The summed E-state index contributed by atoms with van der Waals surface area (Å²) in [4.78, 5) is 15.5. The van der Waals surface area contributed by atoms with E-state index in [2.05, 4.69) is 4.90 Å². The minimum absolute atomic E-state index is 0.584. The number of benzene rings is 2. The van der Waals surface area contributed by atoms with Crippen LogP contribution < -0.4 is 14.4 Å². The van der Waals surface area contributed by atoms with Gasteiger partial charge in [0.1, 0.15) is 11.5 Å². The molecule has 0 fully saturated rings. The predicted octanol–water partition coefficient (Wildman–Crippen LogP) is 3.75. The largest absolute Gasteiger partial charge is 0.497 e. The molecule has 0 unspecified atom stereocenters. The minimum Gasteiger partial charge on any atom is -0.497 e. The summed E-state index contributed by atoms with van der Waals surface area (Å²) in [6.45, 7) is 0. The van der Waals surface area contributed by atoms with Crippen molar-refractivity contribution in [3.63, 3.8) is 0 Å². The van der Waals surface area contributed by atoms with E-state index in [0.29, 0.717) is 11.3 Å². The third-order valence-corrected chi connectivity index (χ3v) is 4.75. The van der Waals surface area contributed by atoms with Crippen LogP contribution in [0.3, 0.4) is 0 Å². The summed E-state index contributed by atoms with van der Waals surface area (Å²) in [5.74, 6) is 1.39. The van der Waals surface area contributed by atoms with Crippen molar-refractivity contribution in [1.29, 1.82) is 0 Å². The Hall–Kier alpha value is -2.14. The fraction of sp³-hybridized carbons (Fsp3) is 0.188. The van der Waals surface area contributed by atoms with Crippen molar-refractivity contribution in [1.82, 2.24) is 0 Å². The number of fused-ring (bicyclic) bond motifs is 2. The van der Waals surface area contributed by atoms with Crippen LogP contribution in [-0.2, 0) is 0 Å². The summed E-state index contributed by atoms with van der Waals surface area (Å²) in [6.07, 6.45) is 0.851. The van der Waals surface area contributed by atoms with Crippen LogP contribution >= 0.6 is 11.8 Å². The van der Waals surface area contributed by atoms with Crippen molar-refractivity contribution in [3.8, 4) is 11.5 Å². The molecular weight excluding hydrogens is 286 g/mol. The van der Waals surface area contributed by atoms with E-state index < -0.39 is 0 Å². The Balaban J connectivity index is 2.18. The number of hydrogen-bond acceptors (Lipinski definition) is 5. The molecule has 0 aliphatic carbocycles. The Morgan fingerprint density at radius 2 is 1.86 bits per heavy atom. The Bertz CT molecular complexity index is 715. The fourth-order valence-electron chi connectivity index (χ4n) is 2.45. The first kappa shape index (κ1) is 13.8. The van der Waals surface area contributed by atoms with Gasteiger partial charge >= 0.3 is 0 Å². The molecule has 0 saturated heterocycles. The van der Waals surface area contributed by atoms with Crippen LogP contribution in [0.1, 0.15) is 10.4 Å². The fourth-order valence-corrected chi connectivity index (χ4v) is 3.72. The molecule has 1 aliphatic heterocycles. The molecule has 4 nitrogen and oxygen atoms in total. The second-order valence-corrected chi connectivity index (χ2v) is 5.69. The summed E-state index contributed by atoms with van der Waals surface area (Å²) in [7, 11) is 5.21. The lowest BCUT2D eigenvalue weighted by molar-refractivity contribution is 0.111. The molecule has 2 aromatic carbocycles. The Labute approximate surface area is 127 Å². The third kappa shape index (κ3) is 2.14. The van der Waals surface area contributed by atoms with Gasteiger partial charge in [-0.1, -0.05) is 11.8 Å². The maximum atomic E-state index is 11.5. The Morgan fingerprint density at radius 1 is 1.10 bits per heavy atom. The third-order valence-electron chi connectivity index (χ3n) is 3.57. The maximum absolute atomic E-state index is 11.5. The van der Waals surface area contributed by atoms with Crippen molar-refractivity contribution < 1.29 is 14.3 Å². The second kappa shape index (κ2) is 5.33. The highest BCUT2D eigenvalue weighted by atomic mass is 32.2. The van der Waals surface area contributed by atoms with E-state index in [9.17, 15) is 4.79 Å². The van der Waals surface area contributed by atoms with Crippen LogP contribution in [0.15, 0.2) is 40.1 Å². The summed E-state index contributed by atoms with van der Waals surface area (Å²) in [5, 5.41) is 0. The van der Waals surface area contributed by atoms with Crippen molar-refractivity contribution in [3.05, 3.63) is 35.9 Å². The molecule has 0 bridgehead atoms. The van der Waals surface area contributed by atoms with E-state index in [4.69, 9.17) is 9.47 Å². The minimum atomic E-state index is 0.584. The molecule has 0 saturated carbocycles. The number of methoxy groups -OCH3 is 2. The highest BCUT2D eigenvalue weighted by Crippen LogP contribution is 2.51. The van der Waals surface area contributed by atoms with Gasteiger partial charge in [-0.25, -0.2) is 0 Å².